The van der Waals surface area contributed by atoms with Gasteiger partial charge in [-0.1, -0.05) is 17.7 Å². The van der Waals surface area contributed by atoms with Gasteiger partial charge < -0.3 is 20.5 Å². The Bertz CT molecular complexity index is 696. The van der Waals surface area contributed by atoms with Crippen molar-refractivity contribution in [2.45, 2.75) is 13.0 Å². The molecule has 0 aliphatic rings. The van der Waals surface area contributed by atoms with Gasteiger partial charge in [-0.05, 0) is 25.1 Å². The first-order chi connectivity index (χ1) is 11.0. The first-order valence-corrected chi connectivity index (χ1v) is 7.25. The number of amides is 1. The van der Waals surface area contributed by atoms with Gasteiger partial charge in [0, 0.05) is 6.07 Å². The summed E-state index contributed by atoms with van der Waals surface area (Å²) in [5.74, 6) is 1.02. The number of primary amides is 1. The highest BCUT2D eigenvalue weighted by Gasteiger charge is 2.13. The maximum atomic E-state index is 11.4. The van der Waals surface area contributed by atoms with Crippen molar-refractivity contribution in [2.75, 3.05) is 19.0 Å². The summed E-state index contributed by atoms with van der Waals surface area (Å²) >= 11 is 5.71. The Morgan fingerprint density at radius 3 is 2.78 bits per heavy atom. The lowest BCUT2D eigenvalue weighted by Crippen LogP contribution is -2.25. The predicted molar refractivity (Wildman–Crippen MR) is 87.1 cm³/mol. The zero-order valence-corrected chi connectivity index (χ0v) is 13.5. The van der Waals surface area contributed by atoms with Crippen LogP contribution in [0.3, 0.4) is 0 Å². The lowest BCUT2D eigenvalue weighted by molar-refractivity contribution is 0.100. The largest absolute Gasteiger partial charge is 0.497 e. The fourth-order valence-corrected chi connectivity index (χ4v) is 2.02. The third-order valence-corrected chi connectivity index (χ3v) is 3.15. The number of hydrogen-bond acceptors (Lipinski definition) is 6. The van der Waals surface area contributed by atoms with Gasteiger partial charge >= 0.3 is 0 Å². The Labute approximate surface area is 138 Å². The molecule has 1 heterocycles. The van der Waals surface area contributed by atoms with Crippen molar-refractivity contribution in [1.82, 2.24) is 10.2 Å². The lowest BCUT2D eigenvalue weighted by atomic mass is 10.2. The highest BCUT2D eigenvalue weighted by molar-refractivity contribution is 6.29. The van der Waals surface area contributed by atoms with E-state index in [1.54, 1.807) is 13.2 Å². The van der Waals surface area contributed by atoms with E-state index in [1.165, 1.54) is 6.07 Å². The maximum Gasteiger partial charge on any atom is 0.252 e. The SMILES string of the molecule is COc1cccc(OC(C)CNc2nnc(Cl)cc2C(N)=O)c1. The smallest absolute Gasteiger partial charge is 0.252 e. The molecule has 2 rings (SSSR count). The lowest BCUT2D eigenvalue weighted by Gasteiger charge is -2.16. The topological polar surface area (TPSA) is 99.4 Å². The number of benzene rings is 1. The Hall–Kier alpha value is -2.54. The summed E-state index contributed by atoms with van der Waals surface area (Å²) in [6.07, 6.45) is -0.194. The first-order valence-electron chi connectivity index (χ1n) is 6.87. The number of rotatable bonds is 7. The second-order valence-corrected chi connectivity index (χ2v) is 5.17. The Balaban J connectivity index is 1.99. The summed E-state index contributed by atoms with van der Waals surface area (Å²) in [4.78, 5) is 11.4. The zero-order valence-electron chi connectivity index (χ0n) is 12.7. The normalized spacial score (nSPS) is 11.6. The summed E-state index contributed by atoms with van der Waals surface area (Å²) < 4.78 is 10.9. The summed E-state index contributed by atoms with van der Waals surface area (Å²) in [7, 11) is 1.59. The van der Waals surface area contributed by atoms with Crippen molar-refractivity contribution in [1.29, 1.82) is 0 Å². The number of ether oxygens (including phenoxy) is 2. The van der Waals surface area contributed by atoms with Crippen LogP contribution >= 0.6 is 11.6 Å². The summed E-state index contributed by atoms with van der Waals surface area (Å²) in [5.41, 5.74) is 5.47. The van der Waals surface area contributed by atoms with Crippen molar-refractivity contribution in [3.05, 3.63) is 41.0 Å². The molecule has 0 saturated carbocycles. The number of methoxy groups -OCH3 is 1. The third-order valence-electron chi connectivity index (χ3n) is 2.96. The number of nitrogens with zero attached hydrogens (tertiary/aromatic N) is 2. The van der Waals surface area contributed by atoms with Crippen molar-refractivity contribution in [3.8, 4) is 11.5 Å². The molecule has 122 valence electrons. The van der Waals surface area contributed by atoms with Crippen LogP contribution in [0.15, 0.2) is 30.3 Å². The minimum Gasteiger partial charge on any atom is -0.497 e. The standard InChI is InChI=1S/C15H17ClN4O3/c1-9(23-11-5-3-4-10(6-11)22-2)8-18-15-12(14(17)21)7-13(16)19-20-15/h3-7,9H,8H2,1-2H3,(H2,17,21)(H,18,20). The Morgan fingerprint density at radius 2 is 2.09 bits per heavy atom. The molecule has 0 radical (unpaired) electrons. The van der Waals surface area contributed by atoms with Crippen LogP contribution in [-0.2, 0) is 0 Å². The number of hydrogen-bond donors (Lipinski definition) is 2. The average Bonchev–Trinajstić information content (AvgIpc) is 2.53. The number of nitrogens with one attached hydrogen (secondary N) is 1. The second kappa shape index (κ2) is 7.64. The fraction of sp³-hybridized carbons (Fsp3) is 0.267. The van der Waals surface area contributed by atoms with Gasteiger partial charge in [0.2, 0.25) is 0 Å². The van der Waals surface area contributed by atoms with E-state index in [4.69, 9.17) is 26.8 Å². The molecule has 0 bridgehead atoms. The highest BCUT2D eigenvalue weighted by atomic mass is 35.5. The second-order valence-electron chi connectivity index (χ2n) is 4.78. The van der Waals surface area contributed by atoms with Crippen LogP contribution in [0.1, 0.15) is 17.3 Å². The zero-order chi connectivity index (χ0) is 16.8. The van der Waals surface area contributed by atoms with Crippen LogP contribution in [0.4, 0.5) is 5.82 Å². The molecule has 1 aromatic carbocycles. The minimum absolute atomic E-state index is 0.102. The Kier molecular flexibility index (Phi) is 5.59. The fourth-order valence-electron chi connectivity index (χ4n) is 1.88. The molecule has 0 fully saturated rings. The van der Waals surface area contributed by atoms with Crippen molar-refractivity contribution in [2.24, 2.45) is 5.73 Å². The van der Waals surface area contributed by atoms with E-state index in [-0.39, 0.29) is 22.6 Å². The van der Waals surface area contributed by atoms with Crippen LogP contribution in [0.2, 0.25) is 5.15 Å². The van der Waals surface area contributed by atoms with E-state index >= 15 is 0 Å². The molecular formula is C15H17ClN4O3. The van der Waals surface area contributed by atoms with Gasteiger partial charge in [0.1, 0.15) is 17.6 Å². The molecule has 3 N–H and O–H groups in total. The van der Waals surface area contributed by atoms with Gasteiger partial charge in [-0.25, -0.2) is 0 Å². The number of carbonyl (C=O) groups is 1. The number of anilines is 1. The molecule has 0 saturated heterocycles. The third kappa shape index (κ3) is 4.72. The van der Waals surface area contributed by atoms with E-state index in [0.29, 0.717) is 18.0 Å². The maximum absolute atomic E-state index is 11.4. The van der Waals surface area contributed by atoms with E-state index in [1.807, 2.05) is 25.1 Å². The molecular weight excluding hydrogens is 320 g/mol. The van der Waals surface area contributed by atoms with Gasteiger partial charge in [-0.3, -0.25) is 4.79 Å². The summed E-state index contributed by atoms with van der Waals surface area (Å²) in [6.45, 7) is 2.27. The molecule has 1 unspecified atom stereocenters. The molecule has 1 atom stereocenters. The van der Waals surface area contributed by atoms with Crippen molar-refractivity contribution in [3.63, 3.8) is 0 Å². The molecule has 1 amide bonds. The van der Waals surface area contributed by atoms with E-state index in [2.05, 4.69) is 15.5 Å². The number of halogens is 1. The molecule has 0 aliphatic carbocycles. The van der Waals surface area contributed by atoms with Gasteiger partial charge in [-0.15, -0.1) is 10.2 Å². The number of carbonyl (C=O) groups excluding carboxylic acids is 1. The predicted octanol–water partition coefficient (Wildman–Crippen LogP) is 2.12. The van der Waals surface area contributed by atoms with Crippen LogP contribution < -0.4 is 20.5 Å². The van der Waals surface area contributed by atoms with Crippen LogP contribution in [0.5, 0.6) is 11.5 Å². The Morgan fingerprint density at radius 1 is 1.35 bits per heavy atom. The van der Waals surface area contributed by atoms with Gasteiger partial charge in [0.25, 0.3) is 5.91 Å². The molecule has 23 heavy (non-hydrogen) atoms. The molecule has 1 aromatic heterocycles. The summed E-state index contributed by atoms with van der Waals surface area (Å²) in [6, 6.07) is 8.65. The number of nitrogens with two attached hydrogens (primary N) is 1. The van der Waals surface area contributed by atoms with Crippen LogP contribution in [0, 0.1) is 0 Å². The monoisotopic (exact) mass is 336 g/mol. The quantitative estimate of drug-likeness (QED) is 0.803. The van der Waals surface area contributed by atoms with Crippen LogP contribution in [0.25, 0.3) is 0 Å². The van der Waals surface area contributed by atoms with Crippen LogP contribution in [-0.4, -0.2) is 35.9 Å². The van der Waals surface area contributed by atoms with E-state index in [9.17, 15) is 4.79 Å². The molecule has 7 nitrogen and oxygen atoms in total. The average molecular weight is 337 g/mol. The molecule has 2 aromatic rings. The highest BCUT2D eigenvalue weighted by Crippen LogP contribution is 2.20. The van der Waals surface area contributed by atoms with Crippen molar-refractivity contribution >= 4 is 23.3 Å². The van der Waals surface area contributed by atoms with Crippen molar-refractivity contribution < 1.29 is 14.3 Å². The summed E-state index contributed by atoms with van der Waals surface area (Å²) in [5, 5.41) is 10.6. The molecule has 0 spiro atoms. The van der Waals surface area contributed by atoms with Gasteiger partial charge in [-0.2, -0.15) is 0 Å². The van der Waals surface area contributed by atoms with E-state index in [0.717, 1.165) is 0 Å². The molecule has 8 heteroatoms. The van der Waals surface area contributed by atoms with E-state index < -0.39 is 5.91 Å². The van der Waals surface area contributed by atoms with Gasteiger partial charge in [0.05, 0.1) is 19.2 Å². The minimum atomic E-state index is -0.634. The van der Waals surface area contributed by atoms with Gasteiger partial charge in [0.15, 0.2) is 11.0 Å². The molecule has 0 aliphatic heterocycles. The first kappa shape index (κ1) is 16.8. The number of aromatic nitrogens is 2.